The largest absolute Gasteiger partial charge is 0.496 e. The fraction of sp³-hybridized carbons (Fsp3) is 0.538. The molecule has 1 nitrogen and oxygen atoms in total. The van der Waals surface area contributed by atoms with Gasteiger partial charge in [0.2, 0.25) is 0 Å². The van der Waals surface area contributed by atoms with Crippen molar-refractivity contribution in [3.8, 4) is 5.75 Å². The molecule has 1 unspecified atom stereocenters. The highest BCUT2D eigenvalue weighted by molar-refractivity contribution is 6.20. The zero-order valence-corrected chi connectivity index (χ0v) is 10.5. The summed E-state index contributed by atoms with van der Waals surface area (Å²) in [4.78, 5) is 0. The number of hydrogen-bond donors (Lipinski definition) is 0. The minimum atomic E-state index is 0.273. The topological polar surface area (TPSA) is 9.23 Å². The van der Waals surface area contributed by atoms with Gasteiger partial charge in [-0.25, -0.2) is 0 Å². The second-order valence-electron chi connectivity index (χ2n) is 3.86. The van der Waals surface area contributed by atoms with Gasteiger partial charge in [-0.2, -0.15) is 0 Å². The Balaban J connectivity index is 2.69. The molecule has 84 valence electrons. The zero-order chi connectivity index (χ0) is 11.3. The number of hydrogen-bond acceptors (Lipinski definition) is 1. The minimum absolute atomic E-state index is 0.273. The van der Waals surface area contributed by atoms with Crippen LogP contribution in [0.15, 0.2) is 18.2 Å². The van der Waals surface area contributed by atoms with Crippen LogP contribution in [-0.4, -0.2) is 12.5 Å². The average Bonchev–Trinajstić information content (AvgIpc) is 2.26. The van der Waals surface area contributed by atoms with Crippen LogP contribution in [0.3, 0.4) is 0 Å². The smallest absolute Gasteiger partial charge is 0.122 e. The molecular formula is C13H19ClO. The number of methoxy groups -OCH3 is 1. The van der Waals surface area contributed by atoms with E-state index in [1.54, 1.807) is 7.11 Å². The normalized spacial score (nSPS) is 12.5. The van der Waals surface area contributed by atoms with Crippen molar-refractivity contribution >= 4 is 11.6 Å². The van der Waals surface area contributed by atoms with Gasteiger partial charge in [-0.15, -0.1) is 11.6 Å². The summed E-state index contributed by atoms with van der Waals surface area (Å²) in [6.07, 6.45) is 3.03. The molecule has 0 bridgehead atoms. The van der Waals surface area contributed by atoms with Crippen molar-refractivity contribution in [2.75, 3.05) is 7.11 Å². The lowest BCUT2D eigenvalue weighted by Gasteiger charge is -2.11. The molecule has 0 saturated heterocycles. The van der Waals surface area contributed by atoms with Crippen molar-refractivity contribution in [3.63, 3.8) is 0 Å². The first-order chi connectivity index (χ1) is 7.17. The Bertz CT molecular complexity index is 309. The van der Waals surface area contributed by atoms with E-state index in [1.165, 1.54) is 11.1 Å². The van der Waals surface area contributed by atoms with E-state index >= 15 is 0 Å². The molecule has 0 spiro atoms. The Labute approximate surface area is 97.4 Å². The van der Waals surface area contributed by atoms with E-state index in [0.29, 0.717) is 0 Å². The first-order valence-corrected chi connectivity index (χ1v) is 5.88. The van der Waals surface area contributed by atoms with E-state index in [2.05, 4.69) is 26.0 Å². The van der Waals surface area contributed by atoms with Gasteiger partial charge in [-0.05, 0) is 37.8 Å². The van der Waals surface area contributed by atoms with Crippen LogP contribution in [0.5, 0.6) is 5.75 Å². The molecular weight excluding hydrogens is 208 g/mol. The van der Waals surface area contributed by atoms with Gasteiger partial charge in [0.15, 0.2) is 0 Å². The summed E-state index contributed by atoms with van der Waals surface area (Å²) in [6, 6.07) is 6.28. The molecule has 1 atom stereocenters. The molecule has 0 N–H and O–H groups in total. The van der Waals surface area contributed by atoms with Crippen molar-refractivity contribution in [2.24, 2.45) is 0 Å². The summed E-state index contributed by atoms with van der Waals surface area (Å²) in [7, 11) is 1.71. The van der Waals surface area contributed by atoms with E-state index in [4.69, 9.17) is 16.3 Å². The average molecular weight is 227 g/mol. The summed E-state index contributed by atoms with van der Waals surface area (Å²) in [6.45, 7) is 4.21. The summed E-state index contributed by atoms with van der Waals surface area (Å²) < 4.78 is 5.32. The minimum Gasteiger partial charge on any atom is -0.496 e. The van der Waals surface area contributed by atoms with Crippen molar-refractivity contribution in [1.29, 1.82) is 0 Å². The van der Waals surface area contributed by atoms with Crippen LogP contribution in [0, 0.1) is 6.92 Å². The molecule has 1 aromatic carbocycles. The Morgan fingerprint density at radius 2 is 2.13 bits per heavy atom. The van der Waals surface area contributed by atoms with Gasteiger partial charge >= 0.3 is 0 Å². The Hall–Kier alpha value is -0.690. The van der Waals surface area contributed by atoms with E-state index in [9.17, 15) is 0 Å². The molecule has 0 aliphatic rings. The highest BCUT2D eigenvalue weighted by atomic mass is 35.5. The van der Waals surface area contributed by atoms with Crippen molar-refractivity contribution < 1.29 is 4.74 Å². The second kappa shape index (κ2) is 6.02. The Morgan fingerprint density at radius 1 is 1.40 bits per heavy atom. The predicted molar refractivity (Wildman–Crippen MR) is 66.0 cm³/mol. The van der Waals surface area contributed by atoms with Crippen molar-refractivity contribution in [3.05, 3.63) is 29.3 Å². The fourth-order valence-electron chi connectivity index (χ4n) is 1.62. The number of ether oxygens (including phenoxy) is 1. The molecule has 0 heterocycles. The maximum absolute atomic E-state index is 6.11. The van der Waals surface area contributed by atoms with E-state index in [-0.39, 0.29) is 5.38 Å². The monoisotopic (exact) mass is 226 g/mol. The summed E-state index contributed by atoms with van der Waals surface area (Å²) in [5.41, 5.74) is 2.53. The first-order valence-electron chi connectivity index (χ1n) is 5.45. The molecule has 1 rings (SSSR count). The molecule has 2 heteroatoms. The van der Waals surface area contributed by atoms with Crippen LogP contribution in [-0.2, 0) is 6.42 Å². The van der Waals surface area contributed by atoms with Gasteiger partial charge in [-0.1, -0.05) is 24.6 Å². The van der Waals surface area contributed by atoms with Gasteiger partial charge in [-0.3, -0.25) is 0 Å². The van der Waals surface area contributed by atoms with Crippen molar-refractivity contribution in [2.45, 2.75) is 38.5 Å². The van der Waals surface area contributed by atoms with E-state index < -0.39 is 0 Å². The third-order valence-corrected chi connectivity index (χ3v) is 3.13. The summed E-state index contributed by atoms with van der Waals surface area (Å²) in [5, 5.41) is 0.273. The second-order valence-corrected chi connectivity index (χ2v) is 4.48. The molecule has 0 aliphatic heterocycles. The number of alkyl halides is 1. The lowest BCUT2D eigenvalue weighted by Crippen LogP contribution is -2.00. The fourth-order valence-corrected chi connectivity index (χ4v) is 1.73. The Morgan fingerprint density at radius 3 is 2.73 bits per heavy atom. The number of halogens is 1. The van der Waals surface area contributed by atoms with Gasteiger partial charge in [0.1, 0.15) is 5.75 Å². The van der Waals surface area contributed by atoms with Gasteiger partial charge in [0.05, 0.1) is 7.11 Å². The Kier molecular flexibility index (Phi) is 4.97. The SMILES string of the molecule is CCC(Cl)CCc1cc(C)ccc1OC. The summed E-state index contributed by atoms with van der Waals surface area (Å²) in [5.74, 6) is 0.973. The van der Waals surface area contributed by atoms with E-state index in [1.807, 2.05) is 6.07 Å². The predicted octanol–water partition coefficient (Wildman–Crippen LogP) is 3.95. The van der Waals surface area contributed by atoms with Crippen LogP contribution in [0.4, 0.5) is 0 Å². The third kappa shape index (κ3) is 3.75. The summed E-state index contributed by atoms with van der Waals surface area (Å²) >= 11 is 6.11. The molecule has 0 amide bonds. The van der Waals surface area contributed by atoms with Crippen LogP contribution in [0.2, 0.25) is 0 Å². The lowest BCUT2D eigenvalue weighted by atomic mass is 10.0. The van der Waals surface area contributed by atoms with Crippen LogP contribution in [0.25, 0.3) is 0 Å². The molecule has 15 heavy (non-hydrogen) atoms. The highest BCUT2D eigenvalue weighted by Crippen LogP contribution is 2.22. The third-order valence-electron chi connectivity index (χ3n) is 2.61. The lowest BCUT2D eigenvalue weighted by molar-refractivity contribution is 0.409. The standard InChI is InChI=1S/C13H19ClO/c1-4-12(14)7-6-11-9-10(2)5-8-13(11)15-3/h5,8-9,12H,4,6-7H2,1-3H3. The molecule has 0 fully saturated rings. The number of rotatable bonds is 5. The van der Waals surface area contributed by atoms with Crippen LogP contribution in [0.1, 0.15) is 30.9 Å². The van der Waals surface area contributed by atoms with Crippen molar-refractivity contribution in [1.82, 2.24) is 0 Å². The maximum atomic E-state index is 6.11. The molecule has 1 aromatic rings. The van der Waals surface area contributed by atoms with Gasteiger partial charge in [0, 0.05) is 5.38 Å². The van der Waals surface area contributed by atoms with Crippen LogP contribution >= 0.6 is 11.6 Å². The van der Waals surface area contributed by atoms with Gasteiger partial charge < -0.3 is 4.74 Å². The molecule has 0 saturated carbocycles. The quantitative estimate of drug-likeness (QED) is 0.691. The molecule has 0 radical (unpaired) electrons. The zero-order valence-electron chi connectivity index (χ0n) is 9.72. The first kappa shape index (κ1) is 12.4. The maximum Gasteiger partial charge on any atom is 0.122 e. The van der Waals surface area contributed by atoms with Gasteiger partial charge in [0.25, 0.3) is 0 Å². The van der Waals surface area contributed by atoms with E-state index in [0.717, 1.165) is 25.0 Å². The number of benzene rings is 1. The number of aryl methyl sites for hydroxylation is 2. The molecule has 0 aliphatic carbocycles. The highest BCUT2D eigenvalue weighted by Gasteiger charge is 2.06. The molecule has 0 aromatic heterocycles. The van der Waals surface area contributed by atoms with Crippen LogP contribution < -0.4 is 4.74 Å².